The van der Waals surface area contributed by atoms with Gasteiger partial charge in [-0.2, -0.15) is 0 Å². The van der Waals surface area contributed by atoms with Gasteiger partial charge in [0.1, 0.15) is 11.2 Å². The van der Waals surface area contributed by atoms with Gasteiger partial charge in [0.15, 0.2) is 0 Å². The number of fused-ring (bicyclic) bond motifs is 13. The molecule has 1 aliphatic carbocycles. The molecule has 2 nitrogen and oxygen atoms in total. The molecule has 1 aliphatic rings. The zero-order chi connectivity index (χ0) is 39.7. The highest BCUT2D eigenvalue weighted by atomic mass is 32.1. The van der Waals surface area contributed by atoms with Gasteiger partial charge in [-0.3, -0.25) is 0 Å². The summed E-state index contributed by atoms with van der Waals surface area (Å²) in [5, 5.41) is 7.45. The maximum Gasteiger partial charge on any atom is 0.143 e. The summed E-state index contributed by atoms with van der Waals surface area (Å²) in [6.07, 6.45) is 0. The fraction of sp³-hybridized carbons (Fsp3) is 0.0526. The summed E-state index contributed by atoms with van der Waals surface area (Å²) in [5.41, 5.74) is 17.7. The number of rotatable bonds is 4. The Bertz CT molecular complexity index is 3730. The van der Waals surface area contributed by atoms with Crippen LogP contribution in [0.15, 0.2) is 192 Å². The van der Waals surface area contributed by atoms with Gasteiger partial charge in [0, 0.05) is 63.9 Å². The van der Waals surface area contributed by atoms with Crippen molar-refractivity contribution in [3.8, 4) is 50.2 Å². The van der Waals surface area contributed by atoms with Crippen LogP contribution in [-0.2, 0) is 5.41 Å². The van der Waals surface area contributed by atoms with Gasteiger partial charge < -0.3 is 8.98 Å². The van der Waals surface area contributed by atoms with Gasteiger partial charge >= 0.3 is 0 Å². The van der Waals surface area contributed by atoms with E-state index in [1.54, 1.807) is 0 Å². The summed E-state index contributed by atoms with van der Waals surface area (Å²) >= 11 is 1.89. The number of aromatic nitrogens is 1. The van der Waals surface area contributed by atoms with Crippen LogP contribution in [0.1, 0.15) is 25.0 Å². The van der Waals surface area contributed by atoms with Gasteiger partial charge in [0.25, 0.3) is 0 Å². The highest BCUT2D eigenvalue weighted by molar-refractivity contribution is 7.26. The molecule has 3 heterocycles. The van der Waals surface area contributed by atoms with Crippen molar-refractivity contribution in [2.45, 2.75) is 19.3 Å². The zero-order valence-corrected chi connectivity index (χ0v) is 34.0. The fourth-order valence-corrected chi connectivity index (χ4v) is 11.5. The van der Waals surface area contributed by atoms with Crippen LogP contribution in [0.25, 0.3) is 114 Å². The Labute approximate surface area is 351 Å². The molecule has 3 aromatic heterocycles. The average Bonchev–Trinajstić information content (AvgIpc) is 4.03. The van der Waals surface area contributed by atoms with Crippen molar-refractivity contribution in [1.29, 1.82) is 0 Å². The Kier molecular flexibility index (Phi) is 6.98. The summed E-state index contributed by atoms with van der Waals surface area (Å²) in [4.78, 5) is 0. The van der Waals surface area contributed by atoms with E-state index in [9.17, 15) is 0 Å². The first kappa shape index (κ1) is 33.7. The van der Waals surface area contributed by atoms with E-state index < -0.39 is 0 Å². The SMILES string of the molecule is CC1(C)c2ccccc2-c2c1ccc1c2oc2c(-c3ccc(-c4ccc5c(c4)c4cc(-c6cccc7c6sc6ccccc67)ccc4n5-c4ccccc4)cc3)cccc21. The Hall–Kier alpha value is -7.20. The second kappa shape index (κ2) is 12.4. The van der Waals surface area contributed by atoms with Crippen LogP contribution >= 0.6 is 11.3 Å². The maximum atomic E-state index is 6.95. The van der Waals surface area contributed by atoms with Crippen LogP contribution in [0, 0.1) is 0 Å². The molecule has 282 valence electrons. The molecular formula is C57H37NOS. The number of hydrogen-bond donors (Lipinski definition) is 0. The molecule has 12 aromatic rings. The lowest BCUT2D eigenvalue weighted by Gasteiger charge is -2.21. The molecule has 0 saturated carbocycles. The molecule has 3 heteroatoms. The van der Waals surface area contributed by atoms with Crippen LogP contribution in [-0.4, -0.2) is 4.57 Å². The smallest absolute Gasteiger partial charge is 0.143 e. The van der Waals surface area contributed by atoms with Crippen molar-refractivity contribution in [2.75, 3.05) is 0 Å². The second-order valence-electron chi connectivity index (χ2n) is 16.8. The zero-order valence-electron chi connectivity index (χ0n) is 33.2. The minimum Gasteiger partial charge on any atom is -0.455 e. The summed E-state index contributed by atoms with van der Waals surface area (Å²) in [5.74, 6) is 0. The predicted molar refractivity (Wildman–Crippen MR) is 255 cm³/mol. The molecule has 60 heavy (non-hydrogen) atoms. The molecule has 0 radical (unpaired) electrons. The molecule has 0 amide bonds. The first-order chi connectivity index (χ1) is 29.5. The topological polar surface area (TPSA) is 18.1 Å². The van der Waals surface area contributed by atoms with E-state index in [1.165, 1.54) is 91.9 Å². The number of para-hydroxylation sites is 2. The molecule has 0 bridgehead atoms. The van der Waals surface area contributed by atoms with Gasteiger partial charge in [-0.25, -0.2) is 0 Å². The molecule has 0 aliphatic heterocycles. The molecule has 0 unspecified atom stereocenters. The van der Waals surface area contributed by atoms with Crippen molar-refractivity contribution in [2.24, 2.45) is 0 Å². The highest BCUT2D eigenvalue weighted by Crippen LogP contribution is 2.53. The van der Waals surface area contributed by atoms with Gasteiger partial charge in [0.05, 0.1) is 11.0 Å². The summed E-state index contributed by atoms with van der Waals surface area (Å²) < 4.78 is 12.0. The number of nitrogens with zero attached hydrogens (tertiary/aromatic N) is 1. The molecule has 0 atom stereocenters. The quantitative estimate of drug-likeness (QED) is 0.174. The third-order valence-electron chi connectivity index (χ3n) is 13.2. The van der Waals surface area contributed by atoms with Crippen molar-refractivity contribution in [3.63, 3.8) is 0 Å². The summed E-state index contributed by atoms with van der Waals surface area (Å²) in [6.45, 7) is 4.65. The van der Waals surface area contributed by atoms with Gasteiger partial charge in [0.2, 0.25) is 0 Å². The van der Waals surface area contributed by atoms with Crippen molar-refractivity contribution >= 4 is 75.3 Å². The van der Waals surface area contributed by atoms with Crippen molar-refractivity contribution < 1.29 is 4.42 Å². The van der Waals surface area contributed by atoms with Crippen LogP contribution in [0.3, 0.4) is 0 Å². The van der Waals surface area contributed by atoms with E-state index in [2.05, 4.69) is 206 Å². The summed E-state index contributed by atoms with van der Waals surface area (Å²) in [6, 6.07) is 69.2. The Morgan fingerprint density at radius 3 is 1.87 bits per heavy atom. The number of benzene rings is 9. The van der Waals surface area contributed by atoms with Gasteiger partial charge in [-0.1, -0.05) is 159 Å². The molecule has 0 spiro atoms. The summed E-state index contributed by atoms with van der Waals surface area (Å²) in [7, 11) is 0. The standard InChI is InChI=1S/C57H37NOS/c1-57(2)48-20-8-6-15-45(48)53-49(57)29-28-43-42-18-10-16-39(54(42)59-55(43)53)35-24-22-34(23-25-35)36-26-30-50-46(32-36)47-33-37(27-31-51(47)58(50)38-12-4-3-5-13-38)40-17-11-19-44-41-14-7-9-21-52(41)60-56(40)44/h3-33H,1-2H3. The first-order valence-electron chi connectivity index (χ1n) is 20.7. The largest absolute Gasteiger partial charge is 0.455 e. The maximum absolute atomic E-state index is 6.95. The van der Waals surface area contributed by atoms with E-state index in [0.29, 0.717) is 0 Å². The fourth-order valence-electron chi connectivity index (χ4n) is 10.3. The average molecular weight is 784 g/mol. The number of thiophene rings is 1. The van der Waals surface area contributed by atoms with Crippen LogP contribution < -0.4 is 0 Å². The second-order valence-corrected chi connectivity index (χ2v) is 17.9. The molecule has 0 fully saturated rings. The van der Waals surface area contributed by atoms with E-state index in [0.717, 1.165) is 33.4 Å². The molecule has 0 saturated heterocycles. The van der Waals surface area contributed by atoms with E-state index in [-0.39, 0.29) is 5.41 Å². The minimum atomic E-state index is -0.0756. The molecule has 9 aromatic carbocycles. The van der Waals surface area contributed by atoms with Crippen molar-refractivity contribution in [1.82, 2.24) is 4.57 Å². The molecule has 0 N–H and O–H groups in total. The lowest BCUT2D eigenvalue weighted by atomic mass is 9.82. The Morgan fingerprint density at radius 2 is 1.03 bits per heavy atom. The predicted octanol–water partition coefficient (Wildman–Crippen LogP) is 16.4. The minimum absolute atomic E-state index is 0.0756. The molecular weight excluding hydrogens is 747 g/mol. The van der Waals surface area contributed by atoms with Gasteiger partial charge in [-0.05, 0) is 87.0 Å². The molecule has 13 rings (SSSR count). The van der Waals surface area contributed by atoms with Crippen LogP contribution in [0.2, 0.25) is 0 Å². The van der Waals surface area contributed by atoms with Crippen molar-refractivity contribution in [3.05, 3.63) is 199 Å². The monoisotopic (exact) mass is 783 g/mol. The third-order valence-corrected chi connectivity index (χ3v) is 14.5. The third kappa shape index (κ3) is 4.70. The lowest BCUT2D eigenvalue weighted by molar-refractivity contribution is 0.653. The Morgan fingerprint density at radius 1 is 0.417 bits per heavy atom. The van der Waals surface area contributed by atoms with E-state index in [4.69, 9.17) is 4.42 Å². The lowest BCUT2D eigenvalue weighted by Crippen LogP contribution is -2.14. The Balaban J connectivity index is 0.939. The van der Waals surface area contributed by atoms with Crippen LogP contribution in [0.5, 0.6) is 0 Å². The van der Waals surface area contributed by atoms with Crippen LogP contribution in [0.4, 0.5) is 0 Å². The van der Waals surface area contributed by atoms with E-state index in [1.807, 2.05) is 11.3 Å². The van der Waals surface area contributed by atoms with E-state index >= 15 is 0 Å². The normalized spacial score (nSPS) is 13.3. The number of furan rings is 1. The number of hydrogen-bond acceptors (Lipinski definition) is 2. The highest BCUT2D eigenvalue weighted by Gasteiger charge is 2.37. The van der Waals surface area contributed by atoms with Gasteiger partial charge in [-0.15, -0.1) is 11.3 Å². The first-order valence-corrected chi connectivity index (χ1v) is 21.6.